The monoisotopic (exact) mass is 309 g/mol. The number of esters is 1. The number of hydrogen-bond donors (Lipinski definition) is 0. The molecule has 1 aromatic rings. The van der Waals surface area contributed by atoms with Gasteiger partial charge in [-0.25, -0.2) is 0 Å². The van der Waals surface area contributed by atoms with E-state index in [0.717, 1.165) is 38.0 Å². The first-order valence-corrected chi connectivity index (χ1v) is 8.13. The molecule has 1 aromatic carbocycles. The lowest BCUT2D eigenvalue weighted by atomic mass is 9.96. The summed E-state index contributed by atoms with van der Waals surface area (Å²) in [5.41, 5.74) is 2.41. The molecule has 0 spiro atoms. The van der Waals surface area contributed by atoms with Gasteiger partial charge < -0.3 is 9.64 Å². The van der Waals surface area contributed by atoms with Gasteiger partial charge in [-0.3, -0.25) is 4.79 Å². The van der Waals surface area contributed by atoms with E-state index < -0.39 is 0 Å². The highest BCUT2D eigenvalue weighted by atomic mass is 35.5. The van der Waals surface area contributed by atoms with Crippen molar-refractivity contribution in [3.63, 3.8) is 0 Å². The summed E-state index contributed by atoms with van der Waals surface area (Å²) < 4.78 is 5.09. The van der Waals surface area contributed by atoms with Gasteiger partial charge in [-0.1, -0.05) is 29.8 Å². The number of rotatable bonds is 5. The fraction of sp³-hybridized carbons (Fsp3) is 0.588. The van der Waals surface area contributed by atoms with Gasteiger partial charge in [0.15, 0.2) is 0 Å². The van der Waals surface area contributed by atoms with Gasteiger partial charge in [0.05, 0.1) is 17.9 Å². The molecule has 2 rings (SSSR count). The molecule has 0 bridgehead atoms. The zero-order chi connectivity index (χ0) is 15.2. The molecule has 0 amide bonds. The molecule has 4 heteroatoms. The van der Waals surface area contributed by atoms with Crippen LogP contribution in [-0.4, -0.2) is 37.1 Å². The van der Waals surface area contributed by atoms with E-state index in [0.29, 0.717) is 6.61 Å². The zero-order valence-electron chi connectivity index (χ0n) is 12.8. The highest BCUT2D eigenvalue weighted by Gasteiger charge is 2.26. The first-order chi connectivity index (χ1) is 10.1. The largest absolute Gasteiger partial charge is 0.466 e. The Morgan fingerprint density at radius 3 is 2.52 bits per heavy atom. The van der Waals surface area contributed by atoms with Crippen LogP contribution in [0.5, 0.6) is 0 Å². The van der Waals surface area contributed by atoms with Gasteiger partial charge in [0.2, 0.25) is 0 Å². The summed E-state index contributed by atoms with van der Waals surface area (Å²) in [4.78, 5) is 14.1. The van der Waals surface area contributed by atoms with Crippen molar-refractivity contribution in [2.45, 2.75) is 32.1 Å². The lowest BCUT2D eigenvalue weighted by Crippen LogP contribution is -2.38. The minimum atomic E-state index is -0.0434. The van der Waals surface area contributed by atoms with Crippen molar-refractivity contribution in [3.8, 4) is 0 Å². The van der Waals surface area contributed by atoms with Crippen LogP contribution in [0.2, 0.25) is 0 Å². The molecule has 21 heavy (non-hydrogen) atoms. The molecule has 0 radical (unpaired) electrons. The molecule has 0 saturated carbocycles. The van der Waals surface area contributed by atoms with Crippen LogP contribution in [0.15, 0.2) is 24.3 Å². The Labute approximate surface area is 132 Å². The van der Waals surface area contributed by atoms with Gasteiger partial charge in [-0.05, 0) is 45.3 Å². The molecule has 0 aromatic heterocycles. The van der Waals surface area contributed by atoms with Gasteiger partial charge in [0, 0.05) is 6.54 Å². The number of alkyl halides is 1. The molecule has 1 atom stereocenters. The molecule has 0 aliphatic carbocycles. The second-order valence-corrected chi connectivity index (χ2v) is 6.23. The second-order valence-electron chi connectivity index (χ2n) is 5.71. The lowest BCUT2D eigenvalue weighted by Gasteiger charge is -2.32. The van der Waals surface area contributed by atoms with Crippen LogP contribution < -0.4 is 0 Å². The Kier molecular flexibility index (Phi) is 6.07. The smallest absolute Gasteiger partial charge is 0.309 e. The number of aryl methyl sites for hydroxylation is 1. The summed E-state index contributed by atoms with van der Waals surface area (Å²) in [5, 5.41) is 0.00439. The van der Waals surface area contributed by atoms with E-state index in [9.17, 15) is 4.79 Å². The van der Waals surface area contributed by atoms with Gasteiger partial charge in [-0.15, -0.1) is 11.6 Å². The van der Waals surface area contributed by atoms with Crippen LogP contribution in [0.25, 0.3) is 0 Å². The van der Waals surface area contributed by atoms with Crippen molar-refractivity contribution in [2.75, 3.05) is 26.2 Å². The Bertz CT molecular complexity index is 452. The Balaban J connectivity index is 1.80. The number of carbonyl (C=O) groups is 1. The van der Waals surface area contributed by atoms with Gasteiger partial charge in [0.25, 0.3) is 0 Å². The summed E-state index contributed by atoms with van der Waals surface area (Å²) in [6.07, 6.45) is 1.74. The minimum Gasteiger partial charge on any atom is -0.466 e. The number of ether oxygens (including phenoxy) is 1. The molecule has 1 unspecified atom stereocenters. The summed E-state index contributed by atoms with van der Waals surface area (Å²) in [6.45, 7) is 7.06. The fourth-order valence-electron chi connectivity index (χ4n) is 2.72. The molecular formula is C17H24ClNO2. The average Bonchev–Trinajstić information content (AvgIpc) is 2.49. The van der Waals surface area contributed by atoms with Gasteiger partial charge in [-0.2, -0.15) is 0 Å². The molecule has 1 saturated heterocycles. The van der Waals surface area contributed by atoms with Gasteiger partial charge >= 0.3 is 5.97 Å². The normalized spacial score (nSPS) is 18.4. The number of nitrogens with zero attached hydrogens (tertiary/aromatic N) is 1. The van der Waals surface area contributed by atoms with Crippen molar-refractivity contribution < 1.29 is 9.53 Å². The summed E-state index contributed by atoms with van der Waals surface area (Å²) in [6, 6.07) is 8.38. The number of carbonyl (C=O) groups excluding carboxylic acids is 1. The number of benzene rings is 1. The maximum atomic E-state index is 11.7. The van der Waals surface area contributed by atoms with E-state index in [4.69, 9.17) is 16.3 Å². The molecule has 1 aliphatic rings. The standard InChI is InChI=1S/C17H24ClNO2/c1-3-21-17(20)15-8-10-19(11-9-15)12-16(18)14-6-4-13(2)5-7-14/h4-7,15-16H,3,8-12H2,1-2H3. The van der Waals surface area contributed by atoms with E-state index in [1.165, 1.54) is 5.56 Å². The van der Waals surface area contributed by atoms with E-state index in [2.05, 4.69) is 36.1 Å². The van der Waals surface area contributed by atoms with Crippen LogP contribution >= 0.6 is 11.6 Å². The van der Waals surface area contributed by atoms with Crippen LogP contribution in [-0.2, 0) is 9.53 Å². The third-order valence-corrected chi connectivity index (χ3v) is 4.46. The highest BCUT2D eigenvalue weighted by molar-refractivity contribution is 6.21. The SMILES string of the molecule is CCOC(=O)C1CCN(CC(Cl)c2ccc(C)cc2)CC1. The number of hydrogen-bond acceptors (Lipinski definition) is 3. The van der Waals surface area contributed by atoms with Crippen molar-refractivity contribution in [3.05, 3.63) is 35.4 Å². The summed E-state index contributed by atoms with van der Waals surface area (Å²) >= 11 is 6.51. The van der Waals surface area contributed by atoms with Crippen LogP contribution in [0.3, 0.4) is 0 Å². The zero-order valence-corrected chi connectivity index (χ0v) is 13.6. The van der Waals surface area contributed by atoms with E-state index in [1.54, 1.807) is 0 Å². The predicted octanol–water partition coefficient (Wildman–Crippen LogP) is 3.55. The third kappa shape index (κ3) is 4.72. The van der Waals surface area contributed by atoms with Crippen molar-refractivity contribution in [1.82, 2.24) is 4.90 Å². The van der Waals surface area contributed by atoms with Crippen LogP contribution in [0.1, 0.15) is 36.3 Å². The first kappa shape index (κ1) is 16.3. The van der Waals surface area contributed by atoms with Crippen molar-refractivity contribution in [2.24, 2.45) is 5.92 Å². The maximum Gasteiger partial charge on any atom is 0.309 e. The predicted molar refractivity (Wildman–Crippen MR) is 85.6 cm³/mol. The third-order valence-electron chi connectivity index (χ3n) is 4.07. The molecule has 0 N–H and O–H groups in total. The quantitative estimate of drug-likeness (QED) is 0.615. The number of likely N-dealkylation sites (tertiary alicyclic amines) is 1. The van der Waals surface area contributed by atoms with Crippen molar-refractivity contribution in [1.29, 1.82) is 0 Å². The Morgan fingerprint density at radius 2 is 1.95 bits per heavy atom. The Morgan fingerprint density at radius 1 is 1.33 bits per heavy atom. The van der Waals surface area contributed by atoms with Crippen LogP contribution in [0, 0.1) is 12.8 Å². The lowest BCUT2D eigenvalue weighted by molar-refractivity contribution is -0.149. The fourth-order valence-corrected chi connectivity index (χ4v) is 3.06. The summed E-state index contributed by atoms with van der Waals surface area (Å²) in [7, 11) is 0. The molecule has 3 nitrogen and oxygen atoms in total. The van der Waals surface area contributed by atoms with Gasteiger partial charge in [0.1, 0.15) is 0 Å². The Hall–Kier alpha value is -1.06. The second kappa shape index (κ2) is 7.81. The van der Waals surface area contributed by atoms with Crippen LogP contribution in [0.4, 0.5) is 0 Å². The average molecular weight is 310 g/mol. The number of halogens is 1. The highest BCUT2D eigenvalue weighted by Crippen LogP contribution is 2.25. The topological polar surface area (TPSA) is 29.5 Å². The van der Waals surface area contributed by atoms with E-state index in [-0.39, 0.29) is 17.3 Å². The molecular weight excluding hydrogens is 286 g/mol. The minimum absolute atomic E-state index is 0.00439. The van der Waals surface area contributed by atoms with Crippen molar-refractivity contribution >= 4 is 17.6 Å². The molecule has 1 fully saturated rings. The van der Waals surface area contributed by atoms with E-state index >= 15 is 0 Å². The first-order valence-electron chi connectivity index (χ1n) is 7.69. The molecule has 1 aliphatic heterocycles. The summed E-state index contributed by atoms with van der Waals surface area (Å²) in [5.74, 6) is 0.0208. The maximum absolute atomic E-state index is 11.7. The van der Waals surface area contributed by atoms with E-state index in [1.807, 2.05) is 6.92 Å². The number of piperidine rings is 1. The molecule has 1 heterocycles. The molecule has 116 valence electrons.